The number of aryl methyl sites for hydroxylation is 1. The fourth-order valence-electron chi connectivity index (χ4n) is 1.97. The Hall–Kier alpha value is -1.86. The van der Waals surface area contributed by atoms with Gasteiger partial charge in [0, 0.05) is 6.42 Å². The van der Waals surface area contributed by atoms with Crippen LogP contribution in [0.5, 0.6) is 5.75 Å². The zero-order chi connectivity index (χ0) is 14.5. The third kappa shape index (κ3) is 3.58. The number of hydrogen-bond acceptors (Lipinski definition) is 4. The summed E-state index contributed by atoms with van der Waals surface area (Å²) in [6, 6.07) is 8.43. The zero-order valence-corrected chi connectivity index (χ0v) is 12.8. The van der Waals surface area contributed by atoms with E-state index >= 15 is 0 Å². The Morgan fingerprint density at radius 1 is 1.40 bits per heavy atom. The molecule has 20 heavy (non-hydrogen) atoms. The normalized spacial score (nSPS) is 10.6. The van der Waals surface area contributed by atoms with Crippen molar-refractivity contribution in [2.45, 2.75) is 33.1 Å². The summed E-state index contributed by atoms with van der Waals surface area (Å²) in [5, 5.41) is 9.72. The minimum atomic E-state index is 0.440. The molecule has 0 aliphatic carbocycles. The lowest BCUT2D eigenvalue weighted by molar-refractivity contribution is 0.317. The van der Waals surface area contributed by atoms with Gasteiger partial charge in [0.25, 0.3) is 0 Å². The number of nitrogens with zero attached hydrogens (tertiary/aromatic N) is 2. The lowest BCUT2D eigenvalue weighted by Gasteiger charge is -2.14. The number of ether oxygens (including phenoxy) is 1. The second kappa shape index (κ2) is 6.53. The maximum Gasteiger partial charge on any atom is 0.124 e. The largest absolute Gasteiger partial charge is 0.493 e. The van der Waals surface area contributed by atoms with Crippen LogP contribution >= 0.6 is 11.3 Å². The molecule has 0 saturated heterocycles. The van der Waals surface area contributed by atoms with Gasteiger partial charge in [-0.05, 0) is 30.0 Å². The lowest BCUT2D eigenvalue weighted by Crippen LogP contribution is -2.04. The molecule has 0 aliphatic heterocycles. The number of thiazole rings is 1. The highest BCUT2D eigenvalue weighted by Gasteiger charge is 2.08. The number of rotatable bonds is 5. The van der Waals surface area contributed by atoms with Crippen LogP contribution in [-0.4, -0.2) is 11.6 Å². The zero-order valence-electron chi connectivity index (χ0n) is 12.0. The van der Waals surface area contributed by atoms with E-state index < -0.39 is 0 Å². The maximum absolute atomic E-state index is 8.77. The van der Waals surface area contributed by atoms with E-state index in [0.29, 0.717) is 17.4 Å². The summed E-state index contributed by atoms with van der Waals surface area (Å²) in [5.74, 6) is 1.40. The Bertz CT molecular complexity index is 626. The van der Waals surface area contributed by atoms with E-state index in [1.807, 2.05) is 0 Å². The molecule has 1 aromatic carbocycles. The van der Waals surface area contributed by atoms with E-state index in [-0.39, 0.29) is 0 Å². The van der Waals surface area contributed by atoms with Gasteiger partial charge in [-0.3, -0.25) is 0 Å². The first-order chi connectivity index (χ1) is 9.60. The fraction of sp³-hybridized carbons (Fsp3) is 0.375. The highest BCUT2D eigenvalue weighted by molar-refractivity contribution is 7.12. The quantitative estimate of drug-likeness (QED) is 0.832. The molecule has 4 heteroatoms. The van der Waals surface area contributed by atoms with Gasteiger partial charge in [0.1, 0.15) is 16.7 Å². The third-order valence-electron chi connectivity index (χ3n) is 3.03. The van der Waals surface area contributed by atoms with E-state index in [2.05, 4.69) is 50.0 Å². The molecular weight excluding hydrogens is 268 g/mol. The molecule has 0 spiro atoms. The van der Waals surface area contributed by atoms with Gasteiger partial charge in [0.15, 0.2) is 0 Å². The van der Waals surface area contributed by atoms with Crippen LogP contribution in [0, 0.1) is 18.3 Å². The molecule has 0 amide bonds. The summed E-state index contributed by atoms with van der Waals surface area (Å²) < 4.78 is 5.91. The topological polar surface area (TPSA) is 45.9 Å². The minimum absolute atomic E-state index is 0.440. The fourth-order valence-corrected chi connectivity index (χ4v) is 2.67. The molecule has 1 heterocycles. The third-order valence-corrected chi connectivity index (χ3v) is 3.99. The Labute approximate surface area is 123 Å². The summed E-state index contributed by atoms with van der Waals surface area (Å²) in [6.45, 7) is 6.98. The Kier molecular flexibility index (Phi) is 4.75. The van der Waals surface area contributed by atoms with Gasteiger partial charge in [-0.15, -0.1) is 11.3 Å². The van der Waals surface area contributed by atoms with E-state index in [0.717, 1.165) is 17.2 Å². The first-order valence-electron chi connectivity index (χ1n) is 6.68. The smallest absolute Gasteiger partial charge is 0.124 e. The maximum atomic E-state index is 8.77. The van der Waals surface area contributed by atoms with Crippen LogP contribution in [0.2, 0.25) is 0 Å². The summed E-state index contributed by atoms with van der Waals surface area (Å²) in [7, 11) is 0. The highest BCUT2D eigenvalue weighted by atomic mass is 32.1. The van der Waals surface area contributed by atoms with E-state index in [4.69, 9.17) is 10.00 Å². The van der Waals surface area contributed by atoms with Crippen LogP contribution in [0.4, 0.5) is 0 Å². The molecule has 2 rings (SSSR count). The molecule has 0 radical (unpaired) electrons. The van der Waals surface area contributed by atoms with Crippen LogP contribution < -0.4 is 4.74 Å². The van der Waals surface area contributed by atoms with Gasteiger partial charge in [-0.25, -0.2) is 4.98 Å². The SMILES string of the molecule is Cc1ccc(C(C)C)c(OCCc2ncc(C#N)s2)c1. The predicted molar refractivity (Wildman–Crippen MR) is 81.3 cm³/mol. The van der Waals surface area contributed by atoms with Gasteiger partial charge in [-0.2, -0.15) is 5.26 Å². The Morgan fingerprint density at radius 3 is 2.85 bits per heavy atom. The second-order valence-corrected chi connectivity index (χ2v) is 6.14. The summed E-state index contributed by atoms with van der Waals surface area (Å²) in [6.07, 6.45) is 2.35. The molecule has 0 bridgehead atoms. The first-order valence-corrected chi connectivity index (χ1v) is 7.50. The van der Waals surface area contributed by atoms with Gasteiger partial charge in [0.05, 0.1) is 17.8 Å². The van der Waals surface area contributed by atoms with Crippen molar-refractivity contribution < 1.29 is 4.74 Å². The van der Waals surface area contributed by atoms with E-state index in [9.17, 15) is 0 Å². The number of benzene rings is 1. The van der Waals surface area contributed by atoms with E-state index in [1.165, 1.54) is 22.5 Å². The summed E-state index contributed by atoms with van der Waals surface area (Å²) >= 11 is 1.43. The van der Waals surface area contributed by atoms with Gasteiger partial charge in [-0.1, -0.05) is 26.0 Å². The van der Waals surface area contributed by atoms with Crippen molar-refractivity contribution in [2.24, 2.45) is 0 Å². The number of aromatic nitrogens is 1. The minimum Gasteiger partial charge on any atom is -0.493 e. The van der Waals surface area contributed by atoms with Crippen molar-refractivity contribution in [2.75, 3.05) is 6.61 Å². The van der Waals surface area contributed by atoms with Crippen LogP contribution in [0.15, 0.2) is 24.4 Å². The Balaban J connectivity index is 2.00. The molecule has 0 unspecified atom stereocenters. The molecular formula is C16H18N2OS. The van der Waals surface area contributed by atoms with Gasteiger partial charge >= 0.3 is 0 Å². The Morgan fingerprint density at radius 2 is 2.20 bits per heavy atom. The predicted octanol–water partition coefficient (Wildman–Crippen LogP) is 4.07. The summed E-state index contributed by atoms with van der Waals surface area (Å²) in [4.78, 5) is 4.86. The highest BCUT2D eigenvalue weighted by Crippen LogP contribution is 2.27. The van der Waals surface area contributed by atoms with Gasteiger partial charge in [0.2, 0.25) is 0 Å². The van der Waals surface area contributed by atoms with Crippen molar-refractivity contribution in [3.63, 3.8) is 0 Å². The van der Waals surface area contributed by atoms with Gasteiger partial charge < -0.3 is 4.74 Å². The van der Waals surface area contributed by atoms with Crippen molar-refractivity contribution in [3.05, 3.63) is 45.4 Å². The monoisotopic (exact) mass is 286 g/mol. The van der Waals surface area contributed by atoms with E-state index in [1.54, 1.807) is 6.20 Å². The average Bonchev–Trinajstić information content (AvgIpc) is 2.86. The molecule has 2 aromatic rings. The van der Waals surface area contributed by atoms with Crippen LogP contribution in [-0.2, 0) is 6.42 Å². The van der Waals surface area contributed by atoms with Crippen LogP contribution in [0.25, 0.3) is 0 Å². The molecule has 0 fully saturated rings. The standard InChI is InChI=1S/C16H18N2OS/c1-11(2)14-5-4-12(3)8-15(14)19-7-6-16-18-10-13(9-17)20-16/h4-5,8,10-11H,6-7H2,1-3H3. The average molecular weight is 286 g/mol. The lowest BCUT2D eigenvalue weighted by atomic mass is 10.0. The number of nitriles is 1. The number of hydrogen-bond donors (Lipinski definition) is 0. The molecule has 0 atom stereocenters. The van der Waals surface area contributed by atoms with Crippen molar-refractivity contribution in [1.82, 2.24) is 4.98 Å². The molecule has 0 aliphatic rings. The van der Waals surface area contributed by atoms with Crippen molar-refractivity contribution in [1.29, 1.82) is 5.26 Å². The second-order valence-electron chi connectivity index (χ2n) is 5.02. The van der Waals surface area contributed by atoms with Crippen LogP contribution in [0.3, 0.4) is 0 Å². The molecule has 3 nitrogen and oxygen atoms in total. The molecule has 1 aromatic heterocycles. The first kappa shape index (κ1) is 14.5. The van der Waals surface area contributed by atoms with Crippen molar-refractivity contribution >= 4 is 11.3 Å². The molecule has 104 valence electrons. The molecule has 0 saturated carbocycles. The van der Waals surface area contributed by atoms with Crippen LogP contribution in [0.1, 0.15) is 40.8 Å². The van der Waals surface area contributed by atoms with Crippen molar-refractivity contribution in [3.8, 4) is 11.8 Å². The molecule has 0 N–H and O–H groups in total. The summed E-state index contributed by atoms with van der Waals surface area (Å²) in [5.41, 5.74) is 2.43.